The second-order valence-electron chi connectivity index (χ2n) is 8.56. The van der Waals surface area contributed by atoms with E-state index in [0.717, 1.165) is 54.9 Å². The Balaban J connectivity index is 0.000000645. The molecule has 0 saturated carbocycles. The monoisotopic (exact) mass is 504 g/mol. The van der Waals surface area contributed by atoms with Crippen molar-refractivity contribution >= 4 is 33.4 Å². The molecule has 2 aliphatic rings. The summed E-state index contributed by atoms with van der Waals surface area (Å²) in [5, 5.41) is 6.00. The molecule has 8 heteroatoms. The van der Waals surface area contributed by atoms with Crippen molar-refractivity contribution in [2.45, 2.75) is 72.3 Å². The Bertz CT molecular complexity index is 1060. The van der Waals surface area contributed by atoms with Crippen LogP contribution < -0.4 is 20.1 Å². The Morgan fingerprint density at radius 3 is 2.16 bits per heavy atom. The summed E-state index contributed by atoms with van der Waals surface area (Å²) in [5.74, 6) is 2.12. The van der Waals surface area contributed by atoms with Crippen LogP contribution in [-0.4, -0.2) is 47.5 Å². The molecule has 0 saturated heterocycles. The summed E-state index contributed by atoms with van der Waals surface area (Å²) < 4.78 is 10.7. The molecule has 198 valence electrons. The Morgan fingerprint density at radius 2 is 1.54 bits per heavy atom. The lowest BCUT2D eigenvalue weighted by Gasteiger charge is -2.26. The minimum Gasteiger partial charge on any atom is -0.496 e. The third-order valence-electron chi connectivity index (χ3n) is 6.33. The zero-order valence-electron chi connectivity index (χ0n) is 21.9. The molecule has 6 nitrogen and oxygen atoms in total. The van der Waals surface area contributed by atoms with Crippen molar-refractivity contribution in [3.63, 3.8) is 0 Å². The molecule has 0 bridgehead atoms. The van der Waals surface area contributed by atoms with Gasteiger partial charge in [0.05, 0.1) is 14.2 Å². The third kappa shape index (κ3) is 9.03. The lowest BCUT2D eigenvalue weighted by atomic mass is 9.81. The first-order valence-corrected chi connectivity index (χ1v) is 12.4. The third-order valence-corrected chi connectivity index (χ3v) is 6.33. The molecule has 4 rings (SSSR count). The first-order valence-electron chi connectivity index (χ1n) is 12.4. The summed E-state index contributed by atoms with van der Waals surface area (Å²) in [4.78, 5) is 22.7. The van der Waals surface area contributed by atoms with Gasteiger partial charge in [0.2, 0.25) is 11.8 Å². The summed E-state index contributed by atoms with van der Waals surface area (Å²) in [6, 6.07) is 12.4. The molecule has 2 aromatic carbocycles. The van der Waals surface area contributed by atoms with E-state index in [1.807, 2.05) is 44.2 Å². The molecule has 2 aromatic rings. The van der Waals surface area contributed by atoms with Crippen LogP contribution in [0.25, 0.3) is 6.08 Å². The summed E-state index contributed by atoms with van der Waals surface area (Å²) in [7, 11) is 11.4. The van der Waals surface area contributed by atoms with E-state index in [1.165, 1.54) is 16.7 Å². The zero-order chi connectivity index (χ0) is 26.5. The zero-order valence-corrected chi connectivity index (χ0v) is 21.9. The van der Waals surface area contributed by atoms with E-state index in [1.54, 1.807) is 14.2 Å². The number of carbonyl (C=O) groups is 2. The average Bonchev–Trinajstić information content (AvgIpc) is 2.93. The molecule has 2 N–H and O–H groups in total. The number of rotatable bonds is 6. The van der Waals surface area contributed by atoms with Gasteiger partial charge in [-0.05, 0) is 67.0 Å². The van der Waals surface area contributed by atoms with E-state index < -0.39 is 0 Å². The van der Waals surface area contributed by atoms with Crippen molar-refractivity contribution in [1.82, 2.24) is 10.6 Å². The molecule has 0 aromatic heterocycles. The maximum Gasteiger partial charge on any atom is 0.223 e. The van der Waals surface area contributed by atoms with Crippen LogP contribution in [0.4, 0.5) is 0 Å². The van der Waals surface area contributed by atoms with Crippen LogP contribution >= 0.6 is 0 Å². The molecule has 1 unspecified atom stereocenters. The SMILES string of the molecule is C.CCC(=O)NC1=Cc2cccc(OC)c2CC1.CCC(=O)NC1CCc2c(cccc2OC)C1.[B][B].[HH]. The summed E-state index contributed by atoms with van der Waals surface area (Å²) in [5.41, 5.74) is 5.97. The van der Waals surface area contributed by atoms with E-state index in [-0.39, 0.29) is 26.7 Å². The lowest BCUT2D eigenvalue weighted by Crippen LogP contribution is -2.38. The second-order valence-corrected chi connectivity index (χ2v) is 8.56. The van der Waals surface area contributed by atoms with Crippen LogP contribution in [0.15, 0.2) is 42.1 Å². The Hall–Kier alpha value is -3.15. The van der Waals surface area contributed by atoms with Crippen LogP contribution in [-0.2, 0) is 28.9 Å². The fourth-order valence-corrected chi connectivity index (χ4v) is 4.48. The van der Waals surface area contributed by atoms with Crippen molar-refractivity contribution in [2.75, 3.05) is 14.2 Å². The predicted octanol–water partition coefficient (Wildman–Crippen LogP) is 4.71. The number of methoxy groups -OCH3 is 2. The molecule has 0 aliphatic heterocycles. The molecule has 0 heterocycles. The van der Waals surface area contributed by atoms with Gasteiger partial charge in [0.1, 0.15) is 11.5 Å². The maximum atomic E-state index is 11.4. The molecule has 4 radical (unpaired) electrons. The highest BCUT2D eigenvalue weighted by molar-refractivity contribution is 6.75. The van der Waals surface area contributed by atoms with E-state index in [9.17, 15) is 9.59 Å². The van der Waals surface area contributed by atoms with Gasteiger partial charge in [0.15, 0.2) is 0 Å². The smallest absolute Gasteiger partial charge is 0.223 e. The van der Waals surface area contributed by atoms with E-state index >= 15 is 0 Å². The number of fused-ring (bicyclic) bond motifs is 2. The first kappa shape index (κ1) is 31.9. The van der Waals surface area contributed by atoms with Gasteiger partial charge in [0, 0.05) is 47.0 Å². The van der Waals surface area contributed by atoms with Crippen LogP contribution in [0.5, 0.6) is 11.5 Å². The number of benzene rings is 2. The Labute approximate surface area is 226 Å². The van der Waals surface area contributed by atoms with Gasteiger partial charge in [-0.25, -0.2) is 0 Å². The molecule has 2 amide bonds. The first-order chi connectivity index (χ1) is 17.5. The number of allylic oxidation sites excluding steroid dienone is 1. The van der Waals surface area contributed by atoms with Gasteiger partial charge in [-0.1, -0.05) is 45.5 Å². The average molecular weight is 504 g/mol. The molecule has 1 atom stereocenters. The lowest BCUT2D eigenvalue weighted by molar-refractivity contribution is -0.121. The highest BCUT2D eigenvalue weighted by atomic mass is 16.5. The number of hydrogen-bond donors (Lipinski definition) is 2. The number of hydrogen-bond acceptors (Lipinski definition) is 4. The molecule has 0 spiro atoms. The van der Waals surface area contributed by atoms with Gasteiger partial charge in [-0.15, -0.1) is 0 Å². The standard InChI is InChI=1S/C14H19NO2.C14H17NO2.CH4.B2.H2/c2*1-3-14(16)15-11-7-8-12-10(9-11)5-4-6-13(12)17-2;;1-2;/h4-6,11H,3,7-9H2,1-2H3,(H,15,16);4-6,9H,3,7-8H2,1-2H3,(H,15,16);1H4;;1H. The van der Waals surface area contributed by atoms with Crippen molar-refractivity contribution < 1.29 is 20.5 Å². The topological polar surface area (TPSA) is 76.7 Å². The van der Waals surface area contributed by atoms with Gasteiger partial charge >= 0.3 is 0 Å². The van der Waals surface area contributed by atoms with Gasteiger partial charge in [-0.2, -0.15) is 0 Å². The Kier molecular flexibility index (Phi) is 14.3. The van der Waals surface area contributed by atoms with Gasteiger partial charge in [-0.3, -0.25) is 9.59 Å². The summed E-state index contributed by atoms with van der Waals surface area (Å²) in [6.45, 7) is 3.74. The second kappa shape index (κ2) is 16.6. The van der Waals surface area contributed by atoms with Crippen molar-refractivity contribution in [2.24, 2.45) is 0 Å². The number of nitrogens with one attached hydrogen (secondary N) is 2. The highest BCUT2D eigenvalue weighted by Gasteiger charge is 2.22. The number of carbonyl (C=O) groups excluding carboxylic acids is 2. The summed E-state index contributed by atoms with van der Waals surface area (Å²) in [6.07, 6.45) is 7.78. The maximum absolute atomic E-state index is 11.4. The molecule has 37 heavy (non-hydrogen) atoms. The molecule has 2 aliphatic carbocycles. The van der Waals surface area contributed by atoms with Crippen LogP contribution in [0.2, 0.25) is 0 Å². The number of ether oxygens (including phenoxy) is 2. The Morgan fingerprint density at radius 1 is 0.919 bits per heavy atom. The minimum atomic E-state index is 0. The van der Waals surface area contributed by atoms with E-state index in [0.29, 0.717) is 12.8 Å². The molecular weight excluding hydrogens is 462 g/mol. The van der Waals surface area contributed by atoms with Gasteiger partial charge in [0.25, 0.3) is 0 Å². The van der Waals surface area contributed by atoms with Crippen LogP contribution in [0.1, 0.15) is 70.6 Å². The fourth-order valence-electron chi connectivity index (χ4n) is 4.48. The molecular formula is C29H42B2N2O4. The predicted molar refractivity (Wildman–Crippen MR) is 155 cm³/mol. The van der Waals surface area contributed by atoms with Crippen molar-refractivity contribution in [3.05, 3.63) is 64.3 Å². The fraction of sp³-hybridized carbons (Fsp3) is 0.448. The van der Waals surface area contributed by atoms with Crippen molar-refractivity contribution in [3.8, 4) is 11.5 Å². The normalized spacial score (nSPS) is 14.8. The van der Waals surface area contributed by atoms with Crippen LogP contribution in [0, 0.1) is 0 Å². The van der Waals surface area contributed by atoms with Crippen LogP contribution in [0.3, 0.4) is 0 Å². The quantitative estimate of drug-likeness (QED) is 0.559. The highest BCUT2D eigenvalue weighted by Crippen LogP contribution is 2.30. The largest absolute Gasteiger partial charge is 0.496 e. The summed E-state index contributed by atoms with van der Waals surface area (Å²) >= 11 is 0. The van der Waals surface area contributed by atoms with E-state index in [4.69, 9.17) is 9.47 Å². The minimum absolute atomic E-state index is 0. The number of amides is 2. The van der Waals surface area contributed by atoms with Crippen molar-refractivity contribution in [1.29, 1.82) is 0 Å². The van der Waals surface area contributed by atoms with E-state index in [2.05, 4.69) is 38.2 Å². The van der Waals surface area contributed by atoms with Gasteiger partial charge < -0.3 is 20.1 Å². The molecule has 0 fully saturated rings.